The van der Waals surface area contributed by atoms with Gasteiger partial charge in [-0.25, -0.2) is 0 Å². The van der Waals surface area contributed by atoms with E-state index >= 15 is 0 Å². The number of rotatable bonds is 3. The monoisotopic (exact) mass is 302 g/mol. The Balaban J connectivity index is 2.12. The van der Waals surface area contributed by atoms with Gasteiger partial charge in [-0.05, 0) is 31.0 Å². The zero-order valence-electron chi connectivity index (χ0n) is 10.4. The van der Waals surface area contributed by atoms with E-state index in [-0.39, 0.29) is 5.91 Å². The number of ether oxygens (including phenoxy) is 1. The van der Waals surface area contributed by atoms with Crippen LogP contribution in [0.2, 0.25) is 10.0 Å². The van der Waals surface area contributed by atoms with Crippen LogP contribution < -0.4 is 11.1 Å². The maximum atomic E-state index is 12.4. The predicted molar refractivity (Wildman–Crippen MR) is 76.6 cm³/mol. The highest BCUT2D eigenvalue weighted by Gasteiger charge is 2.38. The Hall–Kier alpha value is -0.810. The molecule has 2 rings (SSSR count). The van der Waals surface area contributed by atoms with Crippen molar-refractivity contribution in [1.82, 2.24) is 0 Å². The molecule has 0 unspecified atom stereocenters. The fraction of sp³-hybridized carbons (Fsp3) is 0.462. The highest BCUT2D eigenvalue weighted by molar-refractivity contribution is 6.42. The van der Waals surface area contributed by atoms with E-state index in [1.54, 1.807) is 18.2 Å². The summed E-state index contributed by atoms with van der Waals surface area (Å²) in [7, 11) is 0. The van der Waals surface area contributed by atoms with Crippen molar-refractivity contribution in [2.75, 3.05) is 25.1 Å². The molecule has 1 aliphatic heterocycles. The molecule has 0 aromatic heterocycles. The minimum Gasteiger partial charge on any atom is -0.381 e. The Kier molecular flexibility index (Phi) is 4.68. The lowest BCUT2D eigenvalue weighted by molar-refractivity contribution is -0.130. The molecule has 19 heavy (non-hydrogen) atoms. The first kappa shape index (κ1) is 14.6. The molecule has 1 heterocycles. The molecule has 0 aliphatic carbocycles. The van der Waals surface area contributed by atoms with E-state index in [1.807, 2.05) is 0 Å². The Morgan fingerprint density at radius 1 is 1.32 bits per heavy atom. The SMILES string of the molecule is NCC1(C(=O)Nc2ccc(Cl)c(Cl)c2)CCOCC1. The molecule has 6 heteroatoms. The molecule has 104 valence electrons. The predicted octanol–water partition coefficient (Wildman–Crippen LogP) is 2.69. The molecule has 0 bridgehead atoms. The van der Waals surface area contributed by atoms with Gasteiger partial charge in [0.15, 0.2) is 0 Å². The smallest absolute Gasteiger partial charge is 0.232 e. The van der Waals surface area contributed by atoms with Crippen molar-refractivity contribution in [3.8, 4) is 0 Å². The summed E-state index contributed by atoms with van der Waals surface area (Å²) in [5, 5.41) is 3.72. The average Bonchev–Trinajstić information content (AvgIpc) is 2.43. The Bertz CT molecular complexity index is 474. The van der Waals surface area contributed by atoms with Crippen LogP contribution in [0.15, 0.2) is 18.2 Å². The molecule has 1 saturated heterocycles. The van der Waals surface area contributed by atoms with Gasteiger partial charge in [0.1, 0.15) is 0 Å². The van der Waals surface area contributed by atoms with Crippen LogP contribution in [0.25, 0.3) is 0 Å². The third kappa shape index (κ3) is 3.20. The molecule has 3 N–H and O–H groups in total. The lowest BCUT2D eigenvalue weighted by atomic mass is 9.79. The van der Waals surface area contributed by atoms with Crippen molar-refractivity contribution in [3.05, 3.63) is 28.2 Å². The minimum atomic E-state index is -0.551. The number of halogens is 2. The highest BCUT2D eigenvalue weighted by atomic mass is 35.5. The Morgan fingerprint density at radius 2 is 2.00 bits per heavy atom. The van der Waals surface area contributed by atoms with Crippen molar-refractivity contribution in [3.63, 3.8) is 0 Å². The van der Waals surface area contributed by atoms with Gasteiger partial charge >= 0.3 is 0 Å². The molecule has 4 nitrogen and oxygen atoms in total. The van der Waals surface area contributed by atoms with E-state index in [1.165, 1.54) is 0 Å². The fourth-order valence-electron chi connectivity index (χ4n) is 2.12. The summed E-state index contributed by atoms with van der Waals surface area (Å²) in [6.45, 7) is 1.43. The number of nitrogens with one attached hydrogen (secondary N) is 1. The summed E-state index contributed by atoms with van der Waals surface area (Å²) in [5.74, 6) is -0.0864. The topological polar surface area (TPSA) is 64.4 Å². The van der Waals surface area contributed by atoms with Crippen LogP contribution in [0.4, 0.5) is 5.69 Å². The number of carbonyl (C=O) groups is 1. The zero-order valence-corrected chi connectivity index (χ0v) is 11.9. The fourth-order valence-corrected chi connectivity index (χ4v) is 2.42. The number of hydrogen-bond donors (Lipinski definition) is 2. The molecule has 0 saturated carbocycles. The van der Waals surface area contributed by atoms with Crippen LogP contribution in [-0.2, 0) is 9.53 Å². The third-order valence-electron chi connectivity index (χ3n) is 3.50. The third-order valence-corrected chi connectivity index (χ3v) is 4.24. The summed E-state index contributed by atoms with van der Waals surface area (Å²) in [6.07, 6.45) is 1.27. The first-order valence-corrected chi connectivity index (χ1v) is 6.87. The highest BCUT2D eigenvalue weighted by Crippen LogP contribution is 2.32. The van der Waals surface area contributed by atoms with Gasteiger partial charge in [0.05, 0.1) is 15.5 Å². The van der Waals surface area contributed by atoms with Crippen LogP contribution in [0.1, 0.15) is 12.8 Å². The normalized spacial score (nSPS) is 18.1. The van der Waals surface area contributed by atoms with E-state index in [4.69, 9.17) is 33.7 Å². The number of amides is 1. The van der Waals surface area contributed by atoms with Crippen molar-refractivity contribution in [2.24, 2.45) is 11.1 Å². The molecule has 1 fully saturated rings. The molecule has 1 amide bonds. The molecule has 1 aromatic carbocycles. The van der Waals surface area contributed by atoms with E-state index in [0.29, 0.717) is 48.3 Å². The molecular formula is C13H16Cl2N2O2. The van der Waals surface area contributed by atoms with Crippen molar-refractivity contribution in [1.29, 1.82) is 0 Å². The molecule has 1 aliphatic rings. The first-order chi connectivity index (χ1) is 9.07. The van der Waals surface area contributed by atoms with Gasteiger partial charge in [0.25, 0.3) is 0 Å². The van der Waals surface area contributed by atoms with E-state index < -0.39 is 5.41 Å². The quantitative estimate of drug-likeness (QED) is 0.902. The number of nitrogens with two attached hydrogens (primary N) is 1. The molecule has 0 radical (unpaired) electrons. The van der Waals surface area contributed by atoms with Crippen LogP contribution in [0.5, 0.6) is 0 Å². The van der Waals surface area contributed by atoms with E-state index in [2.05, 4.69) is 5.32 Å². The van der Waals surface area contributed by atoms with Crippen molar-refractivity contribution < 1.29 is 9.53 Å². The summed E-state index contributed by atoms with van der Waals surface area (Å²) in [4.78, 5) is 12.4. The van der Waals surface area contributed by atoms with Gasteiger partial charge in [-0.2, -0.15) is 0 Å². The molecular weight excluding hydrogens is 287 g/mol. The zero-order chi connectivity index (χ0) is 13.9. The largest absolute Gasteiger partial charge is 0.381 e. The van der Waals surface area contributed by atoms with Crippen LogP contribution in [0.3, 0.4) is 0 Å². The van der Waals surface area contributed by atoms with Gasteiger partial charge in [0.2, 0.25) is 5.91 Å². The Labute approximate surface area is 122 Å². The van der Waals surface area contributed by atoms with E-state index in [0.717, 1.165) is 0 Å². The second-order valence-electron chi connectivity index (χ2n) is 4.68. The maximum absolute atomic E-state index is 12.4. The second-order valence-corrected chi connectivity index (χ2v) is 5.49. The summed E-state index contributed by atoms with van der Waals surface area (Å²) < 4.78 is 5.29. The standard InChI is InChI=1S/C13H16Cl2N2O2/c14-10-2-1-9(7-11(10)15)17-12(18)13(8-16)3-5-19-6-4-13/h1-2,7H,3-6,8,16H2,(H,17,18). The molecule has 1 aromatic rings. The number of hydrogen-bond acceptors (Lipinski definition) is 3. The average molecular weight is 303 g/mol. The summed E-state index contributed by atoms with van der Waals surface area (Å²) in [6, 6.07) is 5.00. The lowest BCUT2D eigenvalue weighted by Gasteiger charge is -2.34. The maximum Gasteiger partial charge on any atom is 0.232 e. The number of carbonyl (C=O) groups excluding carboxylic acids is 1. The van der Waals surface area contributed by atoms with Gasteiger partial charge in [0, 0.05) is 25.4 Å². The summed E-state index contributed by atoms with van der Waals surface area (Å²) in [5.41, 5.74) is 5.86. The van der Waals surface area contributed by atoms with Crippen LogP contribution in [0, 0.1) is 5.41 Å². The Morgan fingerprint density at radius 3 is 2.58 bits per heavy atom. The van der Waals surface area contributed by atoms with Gasteiger partial charge < -0.3 is 15.8 Å². The molecule has 0 spiro atoms. The first-order valence-electron chi connectivity index (χ1n) is 6.12. The van der Waals surface area contributed by atoms with Crippen LogP contribution >= 0.6 is 23.2 Å². The minimum absolute atomic E-state index is 0.0864. The van der Waals surface area contributed by atoms with Crippen molar-refractivity contribution >= 4 is 34.8 Å². The van der Waals surface area contributed by atoms with Gasteiger partial charge in [-0.3, -0.25) is 4.79 Å². The van der Waals surface area contributed by atoms with Crippen LogP contribution in [-0.4, -0.2) is 25.7 Å². The van der Waals surface area contributed by atoms with Gasteiger partial charge in [-0.15, -0.1) is 0 Å². The van der Waals surface area contributed by atoms with Gasteiger partial charge in [-0.1, -0.05) is 23.2 Å². The number of anilines is 1. The summed E-state index contributed by atoms with van der Waals surface area (Å²) >= 11 is 11.8. The number of benzene rings is 1. The molecule has 0 atom stereocenters. The van der Waals surface area contributed by atoms with E-state index in [9.17, 15) is 4.79 Å². The lowest BCUT2D eigenvalue weighted by Crippen LogP contribution is -2.46. The van der Waals surface area contributed by atoms with Crippen molar-refractivity contribution in [2.45, 2.75) is 12.8 Å². The second kappa shape index (κ2) is 6.09.